The summed E-state index contributed by atoms with van der Waals surface area (Å²) in [5, 5.41) is 3.46. The first-order valence-electron chi connectivity index (χ1n) is 9.67. The maximum atomic E-state index is 5.64. The van der Waals surface area contributed by atoms with Gasteiger partial charge in [0.05, 0.1) is 11.0 Å². The summed E-state index contributed by atoms with van der Waals surface area (Å²) in [4.78, 5) is 7.71. The van der Waals surface area contributed by atoms with Crippen molar-refractivity contribution in [3.8, 4) is 0 Å². The molecular formula is C19H24Br2N4O. The molecule has 0 bridgehead atoms. The van der Waals surface area contributed by atoms with Gasteiger partial charge in [0, 0.05) is 54.4 Å². The summed E-state index contributed by atoms with van der Waals surface area (Å²) in [5.41, 5.74) is 3.88. The van der Waals surface area contributed by atoms with E-state index in [2.05, 4.69) is 52.7 Å². The third-order valence-corrected chi connectivity index (χ3v) is 7.85. The van der Waals surface area contributed by atoms with Gasteiger partial charge in [0.2, 0.25) is 5.95 Å². The third kappa shape index (κ3) is 3.01. The van der Waals surface area contributed by atoms with Crippen molar-refractivity contribution >= 4 is 48.8 Å². The highest BCUT2D eigenvalue weighted by atomic mass is 79.9. The fourth-order valence-electron chi connectivity index (χ4n) is 4.32. The van der Waals surface area contributed by atoms with E-state index in [0.717, 1.165) is 62.7 Å². The predicted molar refractivity (Wildman–Crippen MR) is 111 cm³/mol. The Morgan fingerprint density at radius 2 is 1.81 bits per heavy atom. The van der Waals surface area contributed by atoms with Crippen LogP contribution in [0.4, 0.5) is 5.95 Å². The summed E-state index contributed by atoms with van der Waals surface area (Å²) in [6, 6.07) is 2.73. The Morgan fingerprint density at radius 1 is 1.08 bits per heavy atom. The summed E-state index contributed by atoms with van der Waals surface area (Å²) in [6.07, 6.45) is 4.68. The number of imidazole rings is 1. The van der Waals surface area contributed by atoms with Crippen LogP contribution < -0.4 is 10.2 Å². The fourth-order valence-corrected chi connectivity index (χ4v) is 5.38. The lowest BCUT2D eigenvalue weighted by molar-refractivity contribution is 0.0708. The standard InChI is InChI=1S/C19H24Br2N4O/c20-14-11-15-18(16(17(14)21)12-1-2-12)23-19(24-7-5-22-6-8-24)25(15)13-3-9-26-10-4-13/h11-13,22H,1-10H2. The summed E-state index contributed by atoms with van der Waals surface area (Å²) in [6.45, 7) is 5.79. The molecule has 1 aliphatic carbocycles. The average Bonchev–Trinajstić information content (AvgIpc) is 3.44. The van der Waals surface area contributed by atoms with Crippen LogP contribution in [0.3, 0.4) is 0 Å². The molecule has 1 saturated carbocycles. The maximum Gasteiger partial charge on any atom is 0.206 e. The number of hydrogen-bond acceptors (Lipinski definition) is 4. The Morgan fingerprint density at radius 3 is 2.50 bits per heavy atom. The molecule has 5 rings (SSSR count). The van der Waals surface area contributed by atoms with Gasteiger partial charge in [-0.05, 0) is 75.1 Å². The van der Waals surface area contributed by atoms with E-state index in [4.69, 9.17) is 9.72 Å². The van der Waals surface area contributed by atoms with Gasteiger partial charge in [-0.3, -0.25) is 0 Å². The van der Waals surface area contributed by atoms with Crippen LogP contribution in [-0.2, 0) is 4.74 Å². The molecule has 0 atom stereocenters. The van der Waals surface area contributed by atoms with Gasteiger partial charge in [-0.2, -0.15) is 0 Å². The number of benzene rings is 1. The number of aromatic nitrogens is 2. The molecule has 140 valence electrons. The van der Waals surface area contributed by atoms with Crippen LogP contribution in [0, 0.1) is 0 Å². The van der Waals surface area contributed by atoms with Gasteiger partial charge < -0.3 is 19.5 Å². The van der Waals surface area contributed by atoms with Crippen molar-refractivity contribution in [2.24, 2.45) is 0 Å². The van der Waals surface area contributed by atoms with Gasteiger partial charge in [-0.25, -0.2) is 4.98 Å². The number of nitrogens with zero attached hydrogens (tertiary/aromatic N) is 3. The van der Waals surface area contributed by atoms with E-state index < -0.39 is 0 Å². The van der Waals surface area contributed by atoms with Crippen molar-refractivity contribution in [3.63, 3.8) is 0 Å². The second-order valence-electron chi connectivity index (χ2n) is 7.59. The lowest BCUT2D eigenvalue weighted by Crippen LogP contribution is -2.45. The number of rotatable bonds is 3. The van der Waals surface area contributed by atoms with E-state index in [1.807, 2.05) is 0 Å². The van der Waals surface area contributed by atoms with Gasteiger partial charge in [0.1, 0.15) is 0 Å². The Hall–Kier alpha value is -0.630. The van der Waals surface area contributed by atoms with Crippen molar-refractivity contribution in [3.05, 3.63) is 20.6 Å². The monoisotopic (exact) mass is 482 g/mol. The molecule has 1 aromatic carbocycles. The van der Waals surface area contributed by atoms with Crippen molar-refractivity contribution in [1.82, 2.24) is 14.9 Å². The zero-order valence-corrected chi connectivity index (χ0v) is 18.0. The lowest BCUT2D eigenvalue weighted by atomic mass is 10.1. The first-order valence-corrected chi connectivity index (χ1v) is 11.3. The van der Waals surface area contributed by atoms with Crippen molar-refractivity contribution in [2.75, 3.05) is 44.3 Å². The predicted octanol–water partition coefficient (Wildman–Crippen LogP) is 4.20. The third-order valence-electron chi connectivity index (χ3n) is 5.84. The van der Waals surface area contributed by atoms with E-state index in [0.29, 0.717) is 12.0 Å². The molecule has 3 fully saturated rings. The summed E-state index contributed by atoms with van der Waals surface area (Å²) in [5.74, 6) is 1.80. The molecule has 1 aromatic heterocycles. The largest absolute Gasteiger partial charge is 0.381 e. The molecule has 2 aliphatic heterocycles. The maximum absolute atomic E-state index is 5.64. The second-order valence-corrected chi connectivity index (χ2v) is 9.24. The quantitative estimate of drug-likeness (QED) is 0.710. The zero-order valence-electron chi connectivity index (χ0n) is 14.8. The Bertz CT molecular complexity index is 821. The Balaban J connectivity index is 1.71. The molecule has 1 N–H and O–H groups in total. The molecule has 7 heteroatoms. The molecule has 3 aliphatic rings. The van der Waals surface area contributed by atoms with E-state index in [1.54, 1.807) is 0 Å². The SMILES string of the molecule is Brc1cc2c(nc(N3CCNCC3)n2C2CCOCC2)c(C2CC2)c1Br. The minimum Gasteiger partial charge on any atom is -0.381 e. The normalized spacial score (nSPS) is 22.3. The number of ether oxygens (including phenoxy) is 1. The van der Waals surface area contributed by atoms with Gasteiger partial charge >= 0.3 is 0 Å². The molecule has 5 nitrogen and oxygen atoms in total. The molecule has 0 unspecified atom stereocenters. The number of nitrogens with one attached hydrogen (secondary N) is 1. The van der Waals surface area contributed by atoms with Crippen LogP contribution in [0.15, 0.2) is 15.0 Å². The van der Waals surface area contributed by atoms with Crippen LogP contribution in [0.1, 0.15) is 43.2 Å². The molecule has 2 saturated heterocycles. The first-order chi connectivity index (χ1) is 12.7. The Labute approximate surface area is 170 Å². The highest BCUT2D eigenvalue weighted by molar-refractivity contribution is 9.13. The topological polar surface area (TPSA) is 42.3 Å². The minimum atomic E-state index is 0.471. The summed E-state index contributed by atoms with van der Waals surface area (Å²) in [7, 11) is 0. The highest BCUT2D eigenvalue weighted by Crippen LogP contribution is 2.49. The first kappa shape index (κ1) is 17.5. The number of fused-ring (bicyclic) bond motifs is 1. The van der Waals surface area contributed by atoms with Crippen molar-refractivity contribution in [2.45, 2.75) is 37.6 Å². The molecule has 26 heavy (non-hydrogen) atoms. The van der Waals surface area contributed by atoms with E-state index in [-0.39, 0.29) is 0 Å². The molecule has 0 radical (unpaired) electrons. The van der Waals surface area contributed by atoms with E-state index in [9.17, 15) is 0 Å². The number of anilines is 1. The summed E-state index contributed by atoms with van der Waals surface area (Å²) < 4.78 is 10.5. The second kappa shape index (κ2) is 7.08. The van der Waals surface area contributed by atoms with Crippen LogP contribution >= 0.6 is 31.9 Å². The van der Waals surface area contributed by atoms with Gasteiger partial charge in [0.15, 0.2) is 0 Å². The van der Waals surface area contributed by atoms with Crippen LogP contribution in [0.5, 0.6) is 0 Å². The van der Waals surface area contributed by atoms with Gasteiger partial charge in [-0.1, -0.05) is 0 Å². The fraction of sp³-hybridized carbons (Fsp3) is 0.632. The molecule has 0 spiro atoms. The van der Waals surface area contributed by atoms with Gasteiger partial charge in [0.25, 0.3) is 0 Å². The van der Waals surface area contributed by atoms with Crippen LogP contribution in [-0.4, -0.2) is 48.9 Å². The molecular weight excluding hydrogens is 460 g/mol. The summed E-state index contributed by atoms with van der Waals surface area (Å²) >= 11 is 7.62. The molecule has 2 aromatic rings. The van der Waals surface area contributed by atoms with E-state index in [1.165, 1.54) is 33.9 Å². The van der Waals surface area contributed by atoms with Gasteiger partial charge in [-0.15, -0.1) is 0 Å². The number of piperazine rings is 1. The zero-order chi connectivity index (χ0) is 17.7. The lowest BCUT2D eigenvalue weighted by Gasteiger charge is -2.32. The Kier molecular flexibility index (Phi) is 4.75. The number of hydrogen-bond donors (Lipinski definition) is 1. The van der Waals surface area contributed by atoms with Crippen molar-refractivity contribution in [1.29, 1.82) is 0 Å². The average molecular weight is 484 g/mol. The molecule has 0 amide bonds. The van der Waals surface area contributed by atoms with E-state index >= 15 is 0 Å². The minimum absolute atomic E-state index is 0.471. The van der Waals surface area contributed by atoms with Crippen molar-refractivity contribution < 1.29 is 4.74 Å². The molecule has 3 heterocycles. The smallest absolute Gasteiger partial charge is 0.206 e. The van der Waals surface area contributed by atoms with Crippen LogP contribution in [0.25, 0.3) is 11.0 Å². The highest BCUT2D eigenvalue weighted by Gasteiger charge is 2.33. The number of halogens is 2. The van der Waals surface area contributed by atoms with Crippen LogP contribution in [0.2, 0.25) is 0 Å².